The number of Topliss-reactive ketones (excluding diaryl/α,β-unsaturated/α-hetero) is 1. The molecule has 0 unspecified atom stereocenters. The number of hydrogen-bond donors (Lipinski definition) is 0. The minimum Gasteiger partial charge on any atom is -0.468 e. The average molecular weight is 409 g/mol. The first-order chi connectivity index (χ1) is 12.4. The molecule has 0 aliphatic carbocycles. The second-order valence-corrected chi connectivity index (χ2v) is 8.56. The number of carbonyl (C=O) groups is 1. The first kappa shape index (κ1) is 18.7. The minimum absolute atomic E-state index is 0.0193. The maximum absolute atomic E-state index is 13.1. The number of benzene rings is 2. The summed E-state index contributed by atoms with van der Waals surface area (Å²) in [5.41, 5.74) is 0.438. The van der Waals surface area contributed by atoms with E-state index in [-0.39, 0.29) is 32.9 Å². The molecule has 26 heavy (non-hydrogen) atoms. The van der Waals surface area contributed by atoms with E-state index >= 15 is 0 Å². The van der Waals surface area contributed by atoms with Crippen LogP contribution < -0.4 is 0 Å². The van der Waals surface area contributed by atoms with Gasteiger partial charge in [-0.2, -0.15) is 0 Å². The quantitative estimate of drug-likeness (QED) is 0.513. The molecule has 0 saturated heterocycles. The van der Waals surface area contributed by atoms with Crippen LogP contribution >= 0.6 is 23.2 Å². The number of carbonyl (C=O) groups excluding carboxylic acids is 1. The van der Waals surface area contributed by atoms with Gasteiger partial charge in [0, 0.05) is 12.0 Å². The molecule has 0 amide bonds. The molecule has 1 heterocycles. The zero-order valence-corrected chi connectivity index (χ0v) is 15.8. The van der Waals surface area contributed by atoms with Gasteiger partial charge >= 0.3 is 0 Å². The second-order valence-electron chi connectivity index (χ2n) is 5.62. The molecule has 0 saturated carbocycles. The van der Waals surface area contributed by atoms with E-state index < -0.39 is 15.1 Å². The summed E-state index contributed by atoms with van der Waals surface area (Å²) >= 11 is 11.8. The predicted octanol–water partition coefficient (Wildman–Crippen LogP) is 5.37. The van der Waals surface area contributed by atoms with Gasteiger partial charge in [-0.05, 0) is 30.3 Å². The van der Waals surface area contributed by atoms with Gasteiger partial charge in [-0.1, -0.05) is 53.5 Å². The Balaban J connectivity index is 2.01. The van der Waals surface area contributed by atoms with Gasteiger partial charge in [-0.15, -0.1) is 0 Å². The molecule has 3 aromatic rings. The van der Waals surface area contributed by atoms with E-state index in [0.29, 0.717) is 5.56 Å². The lowest BCUT2D eigenvalue weighted by Crippen LogP contribution is -2.17. The average Bonchev–Trinajstić information content (AvgIpc) is 3.16. The van der Waals surface area contributed by atoms with Gasteiger partial charge in [0.25, 0.3) is 0 Å². The highest BCUT2D eigenvalue weighted by Gasteiger charge is 2.34. The number of furan rings is 1. The molecule has 1 aromatic heterocycles. The van der Waals surface area contributed by atoms with Crippen LogP contribution in [-0.2, 0) is 9.84 Å². The Morgan fingerprint density at radius 2 is 1.69 bits per heavy atom. The lowest BCUT2D eigenvalue weighted by atomic mass is 10.1. The van der Waals surface area contributed by atoms with Crippen LogP contribution in [0.15, 0.2) is 76.2 Å². The van der Waals surface area contributed by atoms with Crippen LogP contribution in [0, 0.1) is 0 Å². The molecule has 0 aliphatic rings. The summed E-state index contributed by atoms with van der Waals surface area (Å²) in [7, 11) is -3.92. The number of halogens is 2. The zero-order valence-electron chi connectivity index (χ0n) is 13.4. The highest BCUT2D eigenvalue weighted by molar-refractivity contribution is 7.91. The Hall–Kier alpha value is -2.08. The standard InChI is InChI=1S/C19H14Cl2O4S/c20-15-9-8-14(11-16(15)21)26(23,24)19(18-7-4-10-25-18)12-17(22)13-5-2-1-3-6-13/h1-11,19H,12H2/t19-/m1/s1. The first-order valence-corrected chi connectivity index (χ1v) is 10.0. The Bertz CT molecular complexity index is 1010. The van der Waals surface area contributed by atoms with Crippen LogP contribution in [0.2, 0.25) is 10.0 Å². The summed E-state index contributed by atoms with van der Waals surface area (Å²) in [6.07, 6.45) is 1.12. The predicted molar refractivity (Wildman–Crippen MR) is 100 cm³/mol. The van der Waals surface area contributed by atoms with E-state index in [1.807, 2.05) is 0 Å². The van der Waals surface area contributed by atoms with Crippen molar-refractivity contribution in [3.63, 3.8) is 0 Å². The van der Waals surface area contributed by atoms with E-state index in [2.05, 4.69) is 0 Å². The van der Waals surface area contributed by atoms with Crippen LogP contribution in [-0.4, -0.2) is 14.2 Å². The van der Waals surface area contributed by atoms with Gasteiger partial charge in [-0.25, -0.2) is 8.42 Å². The van der Waals surface area contributed by atoms with Crippen molar-refractivity contribution in [2.45, 2.75) is 16.6 Å². The normalized spacial score (nSPS) is 12.7. The van der Waals surface area contributed by atoms with E-state index in [0.717, 1.165) is 0 Å². The summed E-state index contributed by atoms with van der Waals surface area (Å²) < 4.78 is 31.6. The molecule has 0 aliphatic heterocycles. The Morgan fingerprint density at radius 1 is 0.962 bits per heavy atom. The smallest absolute Gasteiger partial charge is 0.188 e. The van der Waals surface area contributed by atoms with E-state index in [4.69, 9.17) is 27.6 Å². The minimum atomic E-state index is -3.92. The third-order valence-corrected chi connectivity index (χ3v) is 6.72. The topological polar surface area (TPSA) is 64.3 Å². The van der Waals surface area contributed by atoms with Crippen molar-refractivity contribution in [3.8, 4) is 0 Å². The molecule has 134 valence electrons. The molecule has 2 aromatic carbocycles. The van der Waals surface area contributed by atoms with Crippen LogP contribution in [0.5, 0.6) is 0 Å². The van der Waals surface area contributed by atoms with Crippen molar-refractivity contribution >= 4 is 38.8 Å². The molecule has 0 spiro atoms. The Labute approximate surface area is 161 Å². The van der Waals surface area contributed by atoms with Crippen molar-refractivity contribution in [3.05, 3.63) is 88.3 Å². The maximum atomic E-state index is 13.1. The van der Waals surface area contributed by atoms with Crippen molar-refractivity contribution in [1.82, 2.24) is 0 Å². The third kappa shape index (κ3) is 3.85. The second kappa shape index (κ2) is 7.66. The number of hydrogen-bond acceptors (Lipinski definition) is 4. The summed E-state index contributed by atoms with van der Waals surface area (Å²) in [4.78, 5) is 12.6. The Kier molecular flexibility index (Phi) is 5.51. The first-order valence-electron chi connectivity index (χ1n) is 7.70. The fourth-order valence-corrected chi connectivity index (χ4v) is 4.61. The molecule has 0 fully saturated rings. The lowest BCUT2D eigenvalue weighted by Gasteiger charge is -2.16. The molecular weight excluding hydrogens is 395 g/mol. The van der Waals surface area contributed by atoms with Crippen molar-refractivity contribution < 1.29 is 17.6 Å². The molecule has 3 rings (SSSR count). The van der Waals surface area contributed by atoms with E-state index in [1.54, 1.807) is 36.4 Å². The summed E-state index contributed by atoms with van der Waals surface area (Å²) in [5, 5.41) is -0.789. The zero-order chi connectivity index (χ0) is 18.7. The summed E-state index contributed by atoms with van der Waals surface area (Å²) in [6.45, 7) is 0. The third-order valence-electron chi connectivity index (χ3n) is 3.92. The molecule has 1 atom stereocenters. The highest BCUT2D eigenvalue weighted by atomic mass is 35.5. The Morgan fingerprint density at radius 3 is 2.31 bits per heavy atom. The van der Waals surface area contributed by atoms with Gasteiger partial charge in [0.2, 0.25) is 0 Å². The van der Waals surface area contributed by atoms with E-state index in [9.17, 15) is 13.2 Å². The fraction of sp³-hybridized carbons (Fsp3) is 0.105. The van der Waals surface area contributed by atoms with Crippen LogP contribution in [0.3, 0.4) is 0 Å². The highest BCUT2D eigenvalue weighted by Crippen LogP contribution is 2.35. The van der Waals surface area contributed by atoms with Crippen molar-refractivity contribution in [1.29, 1.82) is 0 Å². The van der Waals surface area contributed by atoms with Gasteiger partial charge < -0.3 is 4.42 Å². The van der Waals surface area contributed by atoms with E-state index in [1.165, 1.54) is 30.5 Å². The molecule has 0 bridgehead atoms. The van der Waals surface area contributed by atoms with Crippen LogP contribution in [0.1, 0.15) is 27.8 Å². The van der Waals surface area contributed by atoms with Gasteiger partial charge in [0.1, 0.15) is 11.0 Å². The molecule has 4 nitrogen and oxygen atoms in total. The van der Waals surface area contributed by atoms with Gasteiger partial charge in [0.05, 0.1) is 21.2 Å². The largest absolute Gasteiger partial charge is 0.468 e. The van der Waals surface area contributed by atoms with Gasteiger partial charge in [0.15, 0.2) is 15.6 Å². The monoisotopic (exact) mass is 408 g/mol. The SMILES string of the molecule is O=C(C[C@H](c1ccco1)S(=O)(=O)c1ccc(Cl)c(Cl)c1)c1ccccc1. The molecule has 0 radical (unpaired) electrons. The number of ketones is 1. The maximum Gasteiger partial charge on any atom is 0.188 e. The summed E-state index contributed by atoms with van der Waals surface area (Å²) in [6, 6.07) is 15.7. The van der Waals surface area contributed by atoms with Crippen molar-refractivity contribution in [2.75, 3.05) is 0 Å². The van der Waals surface area contributed by atoms with Crippen molar-refractivity contribution in [2.24, 2.45) is 0 Å². The van der Waals surface area contributed by atoms with Gasteiger partial charge in [-0.3, -0.25) is 4.79 Å². The summed E-state index contributed by atoms with van der Waals surface area (Å²) in [5.74, 6) is -0.101. The fourth-order valence-electron chi connectivity index (χ4n) is 2.57. The molecule has 0 N–H and O–H groups in total. The number of sulfone groups is 1. The molecular formula is C19H14Cl2O4S. The lowest BCUT2D eigenvalue weighted by molar-refractivity contribution is 0.0978. The van der Waals surface area contributed by atoms with Crippen LogP contribution in [0.25, 0.3) is 0 Å². The number of rotatable bonds is 6. The van der Waals surface area contributed by atoms with Crippen LogP contribution in [0.4, 0.5) is 0 Å². The molecule has 7 heteroatoms.